The van der Waals surface area contributed by atoms with Gasteiger partial charge in [0.1, 0.15) is 11.5 Å². The third kappa shape index (κ3) is 3.28. The lowest BCUT2D eigenvalue weighted by atomic mass is 9.99. The maximum Gasteiger partial charge on any atom is 0.150 e. The third-order valence-corrected chi connectivity index (χ3v) is 3.45. The van der Waals surface area contributed by atoms with Gasteiger partial charge in [0.2, 0.25) is 0 Å². The predicted octanol–water partition coefficient (Wildman–Crippen LogP) is 4.88. The van der Waals surface area contributed by atoms with Crippen LogP contribution in [0.4, 0.5) is 5.69 Å². The van der Waals surface area contributed by atoms with Crippen molar-refractivity contribution in [2.75, 3.05) is 5.73 Å². The smallest absolute Gasteiger partial charge is 0.150 e. The molecular formula is C17H21NO. The van der Waals surface area contributed by atoms with Crippen molar-refractivity contribution in [1.29, 1.82) is 0 Å². The molecule has 0 aliphatic heterocycles. The van der Waals surface area contributed by atoms with Crippen molar-refractivity contribution in [2.24, 2.45) is 0 Å². The molecule has 100 valence electrons. The molecule has 2 rings (SSSR count). The lowest BCUT2D eigenvalue weighted by Crippen LogP contribution is -1.94. The quantitative estimate of drug-likeness (QED) is 0.790. The molecule has 2 aromatic carbocycles. The van der Waals surface area contributed by atoms with E-state index in [1.54, 1.807) is 0 Å². The first-order valence-corrected chi connectivity index (χ1v) is 6.74. The van der Waals surface area contributed by atoms with E-state index in [1.165, 1.54) is 5.56 Å². The fourth-order valence-corrected chi connectivity index (χ4v) is 1.99. The van der Waals surface area contributed by atoms with Gasteiger partial charge in [0.05, 0.1) is 5.69 Å². The van der Waals surface area contributed by atoms with Crippen LogP contribution in [0.5, 0.6) is 11.5 Å². The van der Waals surface area contributed by atoms with Crippen LogP contribution in [-0.4, -0.2) is 0 Å². The normalized spacial score (nSPS) is 12.2. The number of nitrogen functional groups attached to an aromatic ring is 1. The highest BCUT2D eigenvalue weighted by atomic mass is 16.5. The number of aryl methyl sites for hydroxylation is 1. The molecule has 0 aliphatic carbocycles. The van der Waals surface area contributed by atoms with Gasteiger partial charge in [-0.15, -0.1) is 0 Å². The molecule has 2 nitrogen and oxygen atoms in total. The highest BCUT2D eigenvalue weighted by Crippen LogP contribution is 2.29. The van der Waals surface area contributed by atoms with E-state index in [-0.39, 0.29) is 0 Å². The average Bonchev–Trinajstić information content (AvgIpc) is 2.42. The van der Waals surface area contributed by atoms with Crippen LogP contribution < -0.4 is 10.5 Å². The molecule has 0 spiro atoms. The van der Waals surface area contributed by atoms with Crippen molar-refractivity contribution in [3.8, 4) is 11.5 Å². The Morgan fingerprint density at radius 3 is 2.37 bits per heavy atom. The number of hydrogen-bond donors (Lipinski definition) is 1. The Bertz CT molecular complexity index is 546. The van der Waals surface area contributed by atoms with E-state index in [2.05, 4.69) is 26.0 Å². The predicted molar refractivity (Wildman–Crippen MR) is 80.8 cm³/mol. The van der Waals surface area contributed by atoms with Gasteiger partial charge in [-0.05, 0) is 54.7 Å². The lowest BCUT2D eigenvalue weighted by molar-refractivity contribution is 0.484. The van der Waals surface area contributed by atoms with Crippen LogP contribution in [0.15, 0.2) is 42.5 Å². The van der Waals surface area contributed by atoms with Crippen LogP contribution in [0.3, 0.4) is 0 Å². The van der Waals surface area contributed by atoms with Gasteiger partial charge >= 0.3 is 0 Å². The van der Waals surface area contributed by atoms with E-state index in [0.29, 0.717) is 17.4 Å². The summed E-state index contributed by atoms with van der Waals surface area (Å²) in [5.74, 6) is 2.11. The van der Waals surface area contributed by atoms with Crippen LogP contribution in [0.1, 0.15) is 37.3 Å². The van der Waals surface area contributed by atoms with E-state index >= 15 is 0 Å². The summed E-state index contributed by atoms with van der Waals surface area (Å²) >= 11 is 0. The molecule has 19 heavy (non-hydrogen) atoms. The molecule has 0 radical (unpaired) electrons. The number of hydrogen-bond acceptors (Lipinski definition) is 2. The number of benzene rings is 2. The van der Waals surface area contributed by atoms with Gasteiger partial charge in [0, 0.05) is 0 Å². The third-order valence-electron chi connectivity index (χ3n) is 3.45. The van der Waals surface area contributed by atoms with E-state index in [4.69, 9.17) is 10.5 Å². The molecule has 0 saturated carbocycles. The van der Waals surface area contributed by atoms with Gasteiger partial charge in [-0.2, -0.15) is 0 Å². The summed E-state index contributed by atoms with van der Waals surface area (Å²) in [6.45, 7) is 6.44. The maximum atomic E-state index is 5.94. The standard InChI is InChI=1S/C17H21NO/c1-4-13(3)14-6-8-15(9-7-14)19-17-10-5-12(2)11-16(17)18/h5-11,13H,4,18H2,1-3H3/t13-/m1/s1. The Balaban J connectivity index is 2.15. The highest BCUT2D eigenvalue weighted by Gasteiger charge is 2.05. The summed E-state index contributed by atoms with van der Waals surface area (Å²) in [5.41, 5.74) is 9.09. The second-order valence-electron chi connectivity index (χ2n) is 5.02. The lowest BCUT2D eigenvalue weighted by Gasteiger charge is -2.12. The Morgan fingerprint density at radius 1 is 1.11 bits per heavy atom. The fourth-order valence-electron chi connectivity index (χ4n) is 1.99. The Kier molecular flexibility index (Phi) is 4.10. The van der Waals surface area contributed by atoms with E-state index in [9.17, 15) is 0 Å². The minimum atomic E-state index is 0.582. The molecule has 0 bridgehead atoms. The summed E-state index contributed by atoms with van der Waals surface area (Å²) in [6.07, 6.45) is 1.14. The van der Waals surface area contributed by atoms with E-state index in [1.807, 2.05) is 37.3 Å². The first-order chi connectivity index (χ1) is 9.10. The zero-order valence-corrected chi connectivity index (χ0v) is 11.8. The number of rotatable bonds is 4. The summed E-state index contributed by atoms with van der Waals surface area (Å²) in [4.78, 5) is 0. The van der Waals surface area contributed by atoms with Crippen molar-refractivity contribution in [3.05, 3.63) is 53.6 Å². The first-order valence-electron chi connectivity index (χ1n) is 6.74. The van der Waals surface area contributed by atoms with Gasteiger partial charge in [0.15, 0.2) is 0 Å². The summed E-state index contributed by atoms with van der Waals surface area (Å²) in [7, 11) is 0. The molecule has 0 aromatic heterocycles. The molecule has 2 heteroatoms. The van der Waals surface area contributed by atoms with Crippen molar-refractivity contribution < 1.29 is 4.74 Å². The Morgan fingerprint density at radius 2 is 1.79 bits per heavy atom. The molecular weight excluding hydrogens is 234 g/mol. The second kappa shape index (κ2) is 5.79. The molecule has 2 aromatic rings. The molecule has 1 atom stereocenters. The van der Waals surface area contributed by atoms with E-state index in [0.717, 1.165) is 17.7 Å². The average molecular weight is 255 g/mol. The largest absolute Gasteiger partial charge is 0.455 e. The van der Waals surface area contributed by atoms with Crippen molar-refractivity contribution in [2.45, 2.75) is 33.1 Å². The molecule has 0 heterocycles. The second-order valence-corrected chi connectivity index (χ2v) is 5.02. The van der Waals surface area contributed by atoms with Crippen LogP contribution in [0.25, 0.3) is 0 Å². The van der Waals surface area contributed by atoms with Crippen molar-refractivity contribution in [3.63, 3.8) is 0 Å². The summed E-state index contributed by atoms with van der Waals surface area (Å²) < 4.78 is 5.81. The van der Waals surface area contributed by atoms with Crippen LogP contribution in [0, 0.1) is 6.92 Å². The number of nitrogens with two attached hydrogens (primary N) is 1. The zero-order valence-electron chi connectivity index (χ0n) is 11.8. The van der Waals surface area contributed by atoms with Crippen LogP contribution in [0.2, 0.25) is 0 Å². The molecule has 0 unspecified atom stereocenters. The van der Waals surface area contributed by atoms with Crippen molar-refractivity contribution in [1.82, 2.24) is 0 Å². The van der Waals surface area contributed by atoms with Gasteiger partial charge in [0.25, 0.3) is 0 Å². The number of anilines is 1. The number of ether oxygens (including phenoxy) is 1. The topological polar surface area (TPSA) is 35.2 Å². The van der Waals surface area contributed by atoms with E-state index < -0.39 is 0 Å². The molecule has 0 fully saturated rings. The summed E-state index contributed by atoms with van der Waals surface area (Å²) in [6, 6.07) is 14.1. The molecule has 0 amide bonds. The minimum absolute atomic E-state index is 0.582. The molecule has 0 saturated heterocycles. The minimum Gasteiger partial charge on any atom is -0.455 e. The SMILES string of the molecule is CC[C@@H](C)c1ccc(Oc2ccc(C)cc2N)cc1. The van der Waals surface area contributed by atoms with Gasteiger partial charge < -0.3 is 10.5 Å². The van der Waals surface area contributed by atoms with Gasteiger partial charge in [-0.25, -0.2) is 0 Å². The monoisotopic (exact) mass is 255 g/mol. The van der Waals surface area contributed by atoms with Gasteiger partial charge in [-0.1, -0.05) is 32.0 Å². The fraction of sp³-hybridized carbons (Fsp3) is 0.294. The van der Waals surface area contributed by atoms with Crippen molar-refractivity contribution >= 4 is 5.69 Å². The Hall–Kier alpha value is -1.96. The summed E-state index contributed by atoms with van der Waals surface area (Å²) in [5, 5.41) is 0. The van der Waals surface area contributed by atoms with Crippen LogP contribution >= 0.6 is 0 Å². The maximum absolute atomic E-state index is 5.94. The van der Waals surface area contributed by atoms with Gasteiger partial charge in [-0.3, -0.25) is 0 Å². The zero-order chi connectivity index (χ0) is 13.8. The molecule has 2 N–H and O–H groups in total. The molecule has 0 aliphatic rings. The Labute approximate surface area is 115 Å². The highest BCUT2D eigenvalue weighted by molar-refractivity contribution is 5.55. The first kappa shape index (κ1) is 13.5. The van der Waals surface area contributed by atoms with Crippen LogP contribution in [-0.2, 0) is 0 Å².